The number of nitrogens with zero attached hydrogens (tertiary/aromatic N) is 4. The van der Waals surface area contributed by atoms with Crippen LogP contribution in [0.2, 0.25) is 0 Å². The van der Waals surface area contributed by atoms with Gasteiger partial charge in [-0.2, -0.15) is 9.97 Å². The summed E-state index contributed by atoms with van der Waals surface area (Å²) in [6.07, 6.45) is 0.861. The summed E-state index contributed by atoms with van der Waals surface area (Å²) < 4.78 is 0. The minimum Gasteiger partial charge on any atom is -0.382 e. The first-order chi connectivity index (χ1) is 12.6. The normalized spacial score (nSPS) is 10.9. The van der Waals surface area contributed by atoms with Crippen LogP contribution in [0.1, 0.15) is 11.1 Å². The standard InChI is InChI=1S/C19H17N7/c20-16-14(23-15-17(21)25-19(22)26-18(15)24-16)13-8-6-12(7-9-13)10-11-4-2-1-3-5-11/h1-9H,10H2,(H6,20,21,22,24,25,26). The SMILES string of the molecule is Nc1nc(N)c2nc(-c3ccc(Cc4ccccc4)cc3)c(N)nc2n1. The molecule has 128 valence electrons. The van der Waals surface area contributed by atoms with Gasteiger partial charge >= 0.3 is 0 Å². The first kappa shape index (κ1) is 15.8. The number of anilines is 3. The average Bonchev–Trinajstić information content (AvgIpc) is 2.63. The van der Waals surface area contributed by atoms with Crippen LogP contribution >= 0.6 is 0 Å². The summed E-state index contributed by atoms with van der Waals surface area (Å²) in [7, 11) is 0. The van der Waals surface area contributed by atoms with Gasteiger partial charge < -0.3 is 17.2 Å². The van der Waals surface area contributed by atoms with E-state index in [2.05, 4.69) is 44.2 Å². The smallest absolute Gasteiger partial charge is 0.224 e. The summed E-state index contributed by atoms with van der Waals surface area (Å²) in [4.78, 5) is 16.7. The second-order valence-corrected chi connectivity index (χ2v) is 5.96. The van der Waals surface area contributed by atoms with Crippen molar-refractivity contribution >= 4 is 28.7 Å². The monoisotopic (exact) mass is 343 g/mol. The molecule has 0 bridgehead atoms. The van der Waals surface area contributed by atoms with E-state index in [0.29, 0.717) is 11.2 Å². The van der Waals surface area contributed by atoms with E-state index in [0.717, 1.165) is 12.0 Å². The molecule has 2 aromatic heterocycles. The van der Waals surface area contributed by atoms with Gasteiger partial charge in [-0.1, -0.05) is 54.6 Å². The van der Waals surface area contributed by atoms with Gasteiger partial charge in [-0.05, 0) is 17.5 Å². The van der Waals surface area contributed by atoms with Crippen molar-refractivity contribution in [1.29, 1.82) is 0 Å². The van der Waals surface area contributed by atoms with Gasteiger partial charge in [-0.15, -0.1) is 0 Å². The average molecular weight is 343 g/mol. The summed E-state index contributed by atoms with van der Waals surface area (Å²) >= 11 is 0. The van der Waals surface area contributed by atoms with E-state index in [1.807, 2.05) is 30.3 Å². The molecule has 0 aliphatic heterocycles. The molecular formula is C19H17N7. The zero-order chi connectivity index (χ0) is 18.1. The quantitative estimate of drug-likeness (QED) is 0.521. The van der Waals surface area contributed by atoms with E-state index in [1.165, 1.54) is 11.1 Å². The Morgan fingerprint density at radius 3 is 2.08 bits per heavy atom. The molecule has 0 saturated heterocycles. The predicted molar refractivity (Wildman–Crippen MR) is 103 cm³/mol. The van der Waals surface area contributed by atoms with E-state index in [-0.39, 0.29) is 23.2 Å². The van der Waals surface area contributed by atoms with Gasteiger partial charge in [0.25, 0.3) is 0 Å². The molecule has 0 radical (unpaired) electrons. The molecule has 0 aliphatic carbocycles. The van der Waals surface area contributed by atoms with Crippen molar-refractivity contribution < 1.29 is 0 Å². The zero-order valence-electron chi connectivity index (χ0n) is 13.9. The zero-order valence-corrected chi connectivity index (χ0v) is 13.9. The number of nitrogens with two attached hydrogens (primary N) is 3. The molecule has 4 rings (SSSR count). The van der Waals surface area contributed by atoms with Crippen LogP contribution in [0.25, 0.3) is 22.4 Å². The summed E-state index contributed by atoms with van der Waals surface area (Å²) in [5.41, 5.74) is 22.1. The fourth-order valence-electron chi connectivity index (χ4n) is 2.82. The lowest BCUT2D eigenvalue weighted by Gasteiger charge is -2.08. The summed E-state index contributed by atoms with van der Waals surface area (Å²) in [6.45, 7) is 0. The lowest BCUT2D eigenvalue weighted by atomic mass is 10.0. The predicted octanol–water partition coefficient (Wildman–Crippen LogP) is 2.42. The Balaban J connectivity index is 1.70. The van der Waals surface area contributed by atoms with E-state index in [1.54, 1.807) is 0 Å². The third-order valence-electron chi connectivity index (χ3n) is 4.08. The fraction of sp³-hybridized carbons (Fsp3) is 0.0526. The van der Waals surface area contributed by atoms with Crippen LogP contribution in [0.5, 0.6) is 0 Å². The number of fused-ring (bicyclic) bond motifs is 1. The lowest BCUT2D eigenvalue weighted by molar-refractivity contribution is 1.17. The van der Waals surface area contributed by atoms with Crippen LogP contribution < -0.4 is 17.2 Å². The highest BCUT2D eigenvalue weighted by Gasteiger charge is 2.13. The molecule has 7 nitrogen and oxygen atoms in total. The largest absolute Gasteiger partial charge is 0.382 e. The molecule has 2 aromatic carbocycles. The third-order valence-corrected chi connectivity index (χ3v) is 4.08. The van der Waals surface area contributed by atoms with Crippen LogP contribution in [0.15, 0.2) is 54.6 Å². The van der Waals surface area contributed by atoms with Gasteiger partial charge in [0.15, 0.2) is 22.8 Å². The molecule has 7 heteroatoms. The van der Waals surface area contributed by atoms with Gasteiger partial charge in [-0.3, -0.25) is 0 Å². The van der Waals surface area contributed by atoms with Crippen LogP contribution in [-0.2, 0) is 6.42 Å². The Morgan fingerprint density at radius 2 is 1.35 bits per heavy atom. The van der Waals surface area contributed by atoms with Crippen molar-refractivity contribution in [2.75, 3.05) is 17.2 Å². The Morgan fingerprint density at radius 1 is 0.654 bits per heavy atom. The minimum absolute atomic E-state index is 0.0433. The Kier molecular flexibility index (Phi) is 3.81. The third kappa shape index (κ3) is 2.98. The minimum atomic E-state index is 0.0433. The number of aromatic nitrogens is 4. The van der Waals surface area contributed by atoms with E-state index in [4.69, 9.17) is 17.2 Å². The topological polar surface area (TPSA) is 130 Å². The first-order valence-electron chi connectivity index (χ1n) is 8.09. The molecule has 0 saturated carbocycles. The second kappa shape index (κ2) is 6.29. The summed E-state index contributed by atoms with van der Waals surface area (Å²) in [5.74, 6) is 0.495. The van der Waals surface area contributed by atoms with E-state index >= 15 is 0 Å². The maximum absolute atomic E-state index is 6.06. The van der Waals surface area contributed by atoms with Crippen molar-refractivity contribution in [3.05, 3.63) is 65.7 Å². The van der Waals surface area contributed by atoms with Crippen molar-refractivity contribution in [1.82, 2.24) is 19.9 Å². The molecule has 0 spiro atoms. The maximum atomic E-state index is 6.06. The number of hydrogen-bond acceptors (Lipinski definition) is 7. The second-order valence-electron chi connectivity index (χ2n) is 5.96. The first-order valence-corrected chi connectivity index (χ1v) is 8.09. The van der Waals surface area contributed by atoms with E-state index < -0.39 is 0 Å². The van der Waals surface area contributed by atoms with Gasteiger partial charge in [0.05, 0.1) is 0 Å². The molecule has 26 heavy (non-hydrogen) atoms. The van der Waals surface area contributed by atoms with E-state index in [9.17, 15) is 0 Å². The Labute approximate surface area is 149 Å². The van der Waals surface area contributed by atoms with Crippen LogP contribution in [0, 0.1) is 0 Å². The maximum Gasteiger partial charge on any atom is 0.224 e. The molecule has 0 aliphatic rings. The van der Waals surface area contributed by atoms with Gasteiger partial charge in [0.2, 0.25) is 5.95 Å². The van der Waals surface area contributed by atoms with Gasteiger partial charge in [-0.25, -0.2) is 9.97 Å². The molecule has 2 heterocycles. The van der Waals surface area contributed by atoms with Crippen LogP contribution in [0.4, 0.5) is 17.6 Å². The number of rotatable bonds is 3. The highest BCUT2D eigenvalue weighted by Crippen LogP contribution is 2.27. The highest BCUT2D eigenvalue weighted by atomic mass is 15.1. The summed E-state index contributed by atoms with van der Waals surface area (Å²) in [6, 6.07) is 18.3. The molecular weight excluding hydrogens is 326 g/mol. The lowest BCUT2D eigenvalue weighted by Crippen LogP contribution is -2.06. The van der Waals surface area contributed by atoms with Crippen LogP contribution in [0.3, 0.4) is 0 Å². The molecule has 6 N–H and O–H groups in total. The molecule has 4 aromatic rings. The van der Waals surface area contributed by atoms with Crippen LogP contribution in [-0.4, -0.2) is 19.9 Å². The molecule has 0 amide bonds. The van der Waals surface area contributed by atoms with Crippen molar-refractivity contribution in [2.24, 2.45) is 0 Å². The Hall–Kier alpha value is -3.74. The van der Waals surface area contributed by atoms with Gasteiger partial charge in [0.1, 0.15) is 5.69 Å². The fourth-order valence-corrected chi connectivity index (χ4v) is 2.82. The van der Waals surface area contributed by atoms with Crippen molar-refractivity contribution in [2.45, 2.75) is 6.42 Å². The molecule has 0 fully saturated rings. The number of nitrogen functional groups attached to an aromatic ring is 3. The Bertz CT molecular complexity index is 1080. The molecule has 0 atom stereocenters. The number of benzene rings is 2. The van der Waals surface area contributed by atoms with Gasteiger partial charge in [0, 0.05) is 5.56 Å². The van der Waals surface area contributed by atoms with Crippen molar-refractivity contribution in [3.8, 4) is 11.3 Å². The highest BCUT2D eigenvalue weighted by molar-refractivity contribution is 5.87. The molecule has 0 unspecified atom stereocenters. The van der Waals surface area contributed by atoms with Crippen molar-refractivity contribution in [3.63, 3.8) is 0 Å². The number of hydrogen-bond donors (Lipinski definition) is 3. The summed E-state index contributed by atoms with van der Waals surface area (Å²) in [5, 5.41) is 0.